The van der Waals surface area contributed by atoms with E-state index >= 15 is 0 Å². The van der Waals surface area contributed by atoms with Crippen LogP contribution < -0.4 is 11.1 Å². The van der Waals surface area contributed by atoms with Crippen LogP contribution in [0.4, 0.5) is 5.69 Å². The fourth-order valence-corrected chi connectivity index (χ4v) is 2.38. The number of anilines is 1. The van der Waals surface area contributed by atoms with Crippen LogP contribution in [0.2, 0.25) is 0 Å². The van der Waals surface area contributed by atoms with Crippen molar-refractivity contribution in [1.82, 2.24) is 4.98 Å². The van der Waals surface area contributed by atoms with Crippen molar-refractivity contribution in [2.45, 2.75) is 27.3 Å². The van der Waals surface area contributed by atoms with E-state index in [2.05, 4.69) is 35.2 Å². The zero-order valence-corrected chi connectivity index (χ0v) is 14.7. The number of benzene rings is 2. The molecular weight excluding hydrogens is 312 g/mol. The van der Waals surface area contributed by atoms with E-state index in [1.54, 1.807) is 6.26 Å². The highest BCUT2D eigenvalue weighted by Crippen LogP contribution is 2.19. The van der Waals surface area contributed by atoms with Gasteiger partial charge in [-0.2, -0.15) is 0 Å². The molecule has 0 saturated heterocycles. The fraction of sp³-hybridized carbons (Fsp3) is 0.200. The molecule has 0 amide bonds. The summed E-state index contributed by atoms with van der Waals surface area (Å²) in [7, 11) is 0. The molecule has 1 aromatic heterocycles. The molecule has 5 heteroatoms. The van der Waals surface area contributed by atoms with Gasteiger partial charge in [-0.05, 0) is 56.2 Å². The summed E-state index contributed by atoms with van der Waals surface area (Å²) in [5.74, 6) is 0.939. The minimum atomic E-state index is 0.350. The number of nitrogens with zero attached hydrogens (tertiary/aromatic N) is 2. The van der Waals surface area contributed by atoms with Crippen LogP contribution in [0.15, 0.2) is 58.1 Å². The number of aliphatic imine (C=N–C) groups is 1. The first-order valence-corrected chi connectivity index (χ1v) is 8.17. The third-order valence-corrected chi connectivity index (χ3v) is 4.04. The zero-order valence-electron chi connectivity index (χ0n) is 14.7. The minimum Gasteiger partial charge on any atom is -0.444 e. The number of oxazole rings is 1. The Morgan fingerprint density at radius 2 is 1.84 bits per heavy atom. The molecule has 5 nitrogen and oxygen atoms in total. The number of hydrogen-bond donors (Lipinski definition) is 2. The molecular formula is C20H22N4O. The Morgan fingerprint density at radius 1 is 1.08 bits per heavy atom. The van der Waals surface area contributed by atoms with E-state index in [9.17, 15) is 0 Å². The van der Waals surface area contributed by atoms with Gasteiger partial charge in [0, 0.05) is 11.3 Å². The van der Waals surface area contributed by atoms with Crippen molar-refractivity contribution in [2.75, 3.05) is 5.32 Å². The summed E-state index contributed by atoms with van der Waals surface area (Å²) in [5.41, 5.74) is 12.2. The highest BCUT2D eigenvalue weighted by Gasteiger charge is 2.06. The monoisotopic (exact) mass is 334 g/mol. The molecule has 1 heterocycles. The third kappa shape index (κ3) is 4.26. The number of hydrogen-bond acceptors (Lipinski definition) is 3. The molecule has 2 aromatic carbocycles. The van der Waals surface area contributed by atoms with Gasteiger partial charge in [-0.3, -0.25) is 0 Å². The number of nitrogens with two attached hydrogens (primary N) is 1. The number of nitrogens with one attached hydrogen (secondary N) is 1. The van der Waals surface area contributed by atoms with Gasteiger partial charge in [0.25, 0.3) is 0 Å². The molecule has 128 valence electrons. The average Bonchev–Trinajstić information content (AvgIpc) is 3.06. The summed E-state index contributed by atoms with van der Waals surface area (Å²) in [4.78, 5) is 8.78. The van der Waals surface area contributed by atoms with Gasteiger partial charge < -0.3 is 15.5 Å². The first kappa shape index (κ1) is 16.8. The molecule has 0 aliphatic rings. The van der Waals surface area contributed by atoms with Crippen LogP contribution in [-0.2, 0) is 6.54 Å². The number of aryl methyl sites for hydroxylation is 3. The molecule has 3 aromatic rings. The van der Waals surface area contributed by atoms with E-state index in [4.69, 9.17) is 10.2 Å². The van der Waals surface area contributed by atoms with Crippen LogP contribution in [0.3, 0.4) is 0 Å². The Bertz CT molecular complexity index is 894. The summed E-state index contributed by atoms with van der Waals surface area (Å²) in [6, 6.07) is 14.1. The van der Waals surface area contributed by atoms with E-state index in [1.807, 2.05) is 43.3 Å². The van der Waals surface area contributed by atoms with Gasteiger partial charge >= 0.3 is 0 Å². The largest absolute Gasteiger partial charge is 0.444 e. The Morgan fingerprint density at radius 3 is 2.56 bits per heavy atom. The minimum absolute atomic E-state index is 0.350. The molecule has 0 saturated carbocycles. The molecule has 0 atom stereocenters. The number of rotatable bonds is 4. The maximum Gasteiger partial charge on any atom is 0.226 e. The lowest BCUT2D eigenvalue weighted by atomic mass is 10.1. The molecule has 3 rings (SSSR count). The first-order valence-electron chi connectivity index (χ1n) is 8.17. The SMILES string of the molecule is Cc1ccc(-c2nc(CN=C(N)Nc3ccc(C)c(C)c3)co2)cc1. The van der Waals surface area contributed by atoms with Crippen LogP contribution in [0.5, 0.6) is 0 Å². The quantitative estimate of drug-likeness (QED) is 0.554. The Hall–Kier alpha value is -3.08. The Balaban J connectivity index is 1.65. The summed E-state index contributed by atoms with van der Waals surface area (Å²) in [5, 5.41) is 3.09. The summed E-state index contributed by atoms with van der Waals surface area (Å²) in [6.07, 6.45) is 1.61. The fourth-order valence-electron chi connectivity index (χ4n) is 2.38. The van der Waals surface area contributed by atoms with Crippen LogP contribution in [0, 0.1) is 20.8 Å². The highest BCUT2D eigenvalue weighted by molar-refractivity contribution is 5.92. The van der Waals surface area contributed by atoms with Crippen LogP contribution in [-0.4, -0.2) is 10.9 Å². The zero-order chi connectivity index (χ0) is 17.8. The lowest BCUT2D eigenvalue weighted by Crippen LogP contribution is -2.22. The molecule has 0 unspecified atom stereocenters. The lowest BCUT2D eigenvalue weighted by Gasteiger charge is -2.07. The van der Waals surface area contributed by atoms with E-state index in [0.717, 1.165) is 16.9 Å². The van der Waals surface area contributed by atoms with Gasteiger partial charge in [-0.1, -0.05) is 23.8 Å². The molecule has 0 aliphatic heterocycles. The second-order valence-corrected chi connectivity index (χ2v) is 6.14. The van der Waals surface area contributed by atoms with Gasteiger partial charge in [0.1, 0.15) is 12.0 Å². The van der Waals surface area contributed by atoms with Crippen molar-refractivity contribution < 1.29 is 4.42 Å². The standard InChI is InChI=1S/C20H22N4O/c1-13-4-7-16(8-5-13)19-23-18(12-25-19)11-22-20(21)24-17-9-6-14(2)15(3)10-17/h4-10,12H,11H2,1-3H3,(H3,21,22,24). The lowest BCUT2D eigenvalue weighted by molar-refractivity contribution is 0.572. The molecule has 0 radical (unpaired) electrons. The van der Waals surface area contributed by atoms with Crippen molar-refractivity contribution >= 4 is 11.6 Å². The van der Waals surface area contributed by atoms with Crippen LogP contribution >= 0.6 is 0 Å². The second kappa shape index (κ2) is 7.21. The van der Waals surface area contributed by atoms with Gasteiger partial charge in [0.2, 0.25) is 5.89 Å². The first-order chi connectivity index (χ1) is 12.0. The maximum absolute atomic E-state index is 5.96. The molecule has 3 N–H and O–H groups in total. The Labute approximate surface area is 147 Å². The number of aromatic nitrogens is 1. The predicted molar refractivity (Wildman–Crippen MR) is 102 cm³/mol. The summed E-state index contributed by atoms with van der Waals surface area (Å²) in [6.45, 7) is 6.55. The maximum atomic E-state index is 5.96. The topological polar surface area (TPSA) is 76.4 Å². The third-order valence-electron chi connectivity index (χ3n) is 4.04. The van der Waals surface area contributed by atoms with Gasteiger partial charge in [-0.15, -0.1) is 0 Å². The van der Waals surface area contributed by atoms with E-state index in [1.165, 1.54) is 16.7 Å². The average molecular weight is 334 g/mol. The summed E-state index contributed by atoms with van der Waals surface area (Å²) >= 11 is 0. The van der Waals surface area contributed by atoms with Gasteiger partial charge in [0.05, 0.1) is 6.54 Å². The molecule has 0 aliphatic carbocycles. The van der Waals surface area contributed by atoms with Crippen molar-refractivity contribution in [3.05, 3.63) is 71.1 Å². The molecule has 0 fully saturated rings. The smallest absolute Gasteiger partial charge is 0.226 e. The highest BCUT2D eigenvalue weighted by atomic mass is 16.3. The summed E-state index contributed by atoms with van der Waals surface area (Å²) < 4.78 is 5.53. The van der Waals surface area contributed by atoms with Crippen molar-refractivity contribution in [1.29, 1.82) is 0 Å². The molecule has 25 heavy (non-hydrogen) atoms. The second-order valence-electron chi connectivity index (χ2n) is 6.14. The molecule has 0 spiro atoms. The van der Waals surface area contributed by atoms with Gasteiger partial charge in [0.15, 0.2) is 5.96 Å². The van der Waals surface area contributed by atoms with Crippen molar-refractivity contribution in [2.24, 2.45) is 10.7 Å². The van der Waals surface area contributed by atoms with E-state index in [-0.39, 0.29) is 0 Å². The van der Waals surface area contributed by atoms with Crippen LogP contribution in [0.1, 0.15) is 22.4 Å². The van der Waals surface area contributed by atoms with E-state index < -0.39 is 0 Å². The predicted octanol–water partition coefficient (Wildman–Crippen LogP) is 4.19. The number of guanidine groups is 1. The van der Waals surface area contributed by atoms with Crippen LogP contribution in [0.25, 0.3) is 11.5 Å². The Kier molecular flexibility index (Phi) is 4.84. The van der Waals surface area contributed by atoms with Gasteiger partial charge in [-0.25, -0.2) is 9.98 Å². The van der Waals surface area contributed by atoms with E-state index in [0.29, 0.717) is 18.4 Å². The normalized spacial score (nSPS) is 11.6. The molecule has 0 bridgehead atoms. The van der Waals surface area contributed by atoms with Crippen molar-refractivity contribution in [3.8, 4) is 11.5 Å². The van der Waals surface area contributed by atoms with Crippen molar-refractivity contribution in [3.63, 3.8) is 0 Å².